The van der Waals surface area contributed by atoms with Gasteiger partial charge in [0, 0.05) is 6.20 Å². The molecule has 0 saturated carbocycles. The van der Waals surface area contributed by atoms with Crippen LogP contribution in [-0.2, 0) is 0 Å². The molecule has 0 saturated heterocycles. The molecule has 0 spiro atoms. The summed E-state index contributed by atoms with van der Waals surface area (Å²) >= 11 is 3.14. The summed E-state index contributed by atoms with van der Waals surface area (Å²) in [7, 11) is 0. The van der Waals surface area contributed by atoms with E-state index in [0.29, 0.717) is 4.47 Å². The SMILES string of the molecule is O=C(O)c1nn(-c2ncncc2Br)cc1[N+](=O)[O-]. The second-order valence-corrected chi connectivity index (χ2v) is 3.92. The number of nitrogens with zero attached hydrogens (tertiary/aromatic N) is 5. The van der Waals surface area contributed by atoms with Gasteiger partial charge in [-0.15, -0.1) is 0 Å². The van der Waals surface area contributed by atoms with E-state index in [-0.39, 0.29) is 5.82 Å². The van der Waals surface area contributed by atoms with Crippen LogP contribution < -0.4 is 0 Å². The van der Waals surface area contributed by atoms with Gasteiger partial charge < -0.3 is 5.11 Å². The first-order valence-corrected chi connectivity index (χ1v) is 5.23. The Kier molecular flexibility index (Phi) is 3.02. The third-order valence-corrected chi connectivity index (χ3v) is 2.52. The highest BCUT2D eigenvalue weighted by atomic mass is 79.9. The zero-order valence-corrected chi connectivity index (χ0v) is 10.1. The van der Waals surface area contributed by atoms with Gasteiger partial charge in [0.25, 0.3) is 0 Å². The van der Waals surface area contributed by atoms with E-state index in [1.807, 2.05) is 0 Å². The summed E-state index contributed by atoms with van der Waals surface area (Å²) in [4.78, 5) is 28.3. The van der Waals surface area contributed by atoms with Gasteiger partial charge in [-0.1, -0.05) is 0 Å². The fourth-order valence-electron chi connectivity index (χ4n) is 1.23. The Morgan fingerprint density at radius 1 is 1.56 bits per heavy atom. The lowest BCUT2D eigenvalue weighted by Gasteiger charge is -1.99. The lowest BCUT2D eigenvalue weighted by molar-refractivity contribution is -0.385. The largest absolute Gasteiger partial charge is 0.476 e. The topological polar surface area (TPSA) is 124 Å². The Balaban J connectivity index is 2.61. The lowest BCUT2D eigenvalue weighted by Crippen LogP contribution is -2.04. The molecule has 0 aliphatic heterocycles. The summed E-state index contributed by atoms with van der Waals surface area (Å²) in [5.41, 5.74) is -1.25. The highest BCUT2D eigenvalue weighted by Crippen LogP contribution is 2.22. The molecule has 18 heavy (non-hydrogen) atoms. The predicted octanol–water partition coefficient (Wildman–Crippen LogP) is 1.03. The molecule has 0 aromatic carbocycles. The van der Waals surface area contributed by atoms with Crippen molar-refractivity contribution in [2.45, 2.75) is 0 Å². The molecule has 2 aromatic heterocycles. The lowest BCUT2D eigenvalue weighted by atomic mass is 10.4. The number of nitro groups is 1. The van der Waals surface area contributed by atoms with Crippen LogP contribution in [0.5, 0.6) is 0 Å². The summed E-state index contributed by atoms with van der Waals surface area (Å²) in [6, 6.07) is 0. The van der Waals surface area contributed by atoms with E-state index < -0.39 is 22.3 Å². The summed E-state index contributed by atoms with van der Waals surface area (Å²) in [5.74, 6) is -1.27. The number of carboxylic acid groups (broad SMARTS) is 1. The van der Waals surface area contributed by atoms with Crippen LogP contribution in [0.4, 0.5) is 5.69 Å². The first-order chi connectivity index (χ1) is 8.50. The van der Waals surface area contributed by atoms with Crippen molar-refractivity contribution in [2.75, 3.05) is 0 Å². The van der Waals surface area contributed by atoms with Crippen molar-refractivity contribution in [3.05, 3.63) is 39.0 Å². The molecule has 0 unspecified atom stereocenters. The van der Waals surface area contributed by atoms with Crippen molar-refractivity contribution in [3.8, 4) is 5.82 Å². The van der Waals surface area contributed by atoms with Crippen molar-refractivity contribution >= 4 is 27.6 Å². The number of aromatic carboxylic acids is 1. The fraction of sp³-hybridized carbons (Fsp3) is 0. The molecule has 92 valence electrons. The van der Waals surface area contributed by atoms with Crippen LogP contribution in [0.15, 0.2) is 23.2 Å². The van der Waals surface area contributed by atoms with E-state index in [9.17, 15) is 14.9 Å². The van der Waals surface area contributed by atoms with Gasteiger partial charge >= 0.3 is 11.7 Å². The minimum atomic E-state index is -1.48. The Labute approximate surface area is 107 Å². The molecule has 0 bridgehead atoms. The average molecular weight is 314 g/mol. The molecule has 9 nitrogen and oxygen atoms in total. The third-order valence-electron chi connectivity index (χ3n) is 1.96. The van der Waals surface area contributed by atoms with Gasteiger partial charge in [0.1, 0.15) is 12.5 Å². The minimum Gasteiger partial charge on any atom is -0.476 e. The first kappa shape index (κ1) is 12.1. The van der Waals surface area contributed by atoms with Crippen molar-refractivity contribution in [1.82, 2.24) is 19.7 Å². The number of hydrogen-bond donors (Lipinski definition) is 1. The van der Waals surface area contributed by atoms with Gasteiger partial charge in [0.2, 0.25) is 5.69 Å². The molecule has 0 amide bonds. The van der Waals surface area contributed by atoms with Crippen molar-refractivity contribution in [2.24, 2.45) is 0 Å². The molecule has 0 aliphatic carbocycles. The normalized spacial score (nSPS) is 10.3. The second-order valence-electron chi connectivity index (χ2n) is 3.06. The summed E-state index contributed by atoms with van der Waals surface area (Å²) < 4.78 is 1.44. The van der Waals surface area contributed by atoms with Gasteiger partial charge in [-0.05, 0) is 15.9 Å². The summed E-state index contributed by atoms with van der Waals surface area (Å²) in [6.45, 7) is 0. The molecule has 10 heteroatoms. The highest BCUT2D eigenvalue weighted by molar-refractivity contribution is 9.10. The van der Waals surface area contributed by atoms with E-state index in [4.69, 9.17) is 5.11 Å². The molecule has 0 aliphatic rings. The van der Waals surface area contributed by atoms with Crippen LogP contribution in [0.25, 0.3) is 5.82 Å². The Bertz CT molecular complexity index is 609. The van der Waals surface area contributed by atoms with Crippen molar-refractivity contribution in [1.29, 1.82) is 0 Å². The molecule has 0 radical (unpaired) electrons. The number of carboxylic acids is 1. The minimum absolute atomic E-state index is 0.209. The third kappa shape index (κ3) is 2.05. The van der Waals surface area contributed by atoms with Gasteiger partial charge in [0.15, 0.2) is 5.82 Å². The van der Waals surface area contributed by atoms with Crippen LogP contribution in [-0.4, -0.2) is 35.7 Å². The summed E-state index contributed by atoms with van der Waals surface area (Å²) in [5, 5.41) is 23.1. The standard InChI is InChI=1S/C8H4BrN5O4/c9-4-1-10-3-11-7(4)13-2-5(14(17)18)6(12-13)8(15)16/h1-3H,(H,15,16). The molecule has 0 fully saturated rings. The van der Waals surface area contributed by atoms with Crippen LogP contribution in [0.1, 0.15) is 10.5 Å². The van der Waals surface area contributed by atoms with Crippen LogP contribution in [0.3, 0.4) is 0 Å². The maximum atomic E-state index is 10.8. The Hall–Kier alpha value is -2.36. The van der Waals surface area contributed by atoms with Gasteiger partial charge in [-0.3, -0.25) is 10.1 Å². The molecular weight excluding hydrogens is 310 g/mol. The fourth-order valence-corrected chi connectivity index (χ4v) is 1.64. The second kappa shape index (κ2) is 4.49. The predicted molar refractivity (Wildman–Crippen MR) is 60.5 cm³/mol. The number of rotatable bonds is 3. The average Bonchev–Trinajstić information content (AvgIpc) is 2.74. The zero-order chi connectivity index (χ0) is 13.3. The Morgan fingerprint density at radius 3 is 2.78 bits per heavy atom. The van der Waals surface area contributed by atoms with Crippen molar-refractivity contribution in [3.63, 3.8) is 0 Å². The number of halogens is 1. The number of aromatic nitrogens is 4. The van der Waals surface area contributed by atoms with Gasteiger partial charge in [0.05, 0.1) is 9.40 Å². The quantitative estimate of drug-likeness (QED) is 0.662. The van der Waals surface area contributed by atoms with Crippen LogP contribution >= 0.6 is 15.9 Å². The van der Waals surface area contributed by atoms with E-state index in [1.165, 1.54) is 12.5 Å². The zero-order valence-electron chi connectivity index (χ0n) is 8.52. The molecule has 2 rings (SSSR count). The number of carbonyl (C=O) groups is 1. The monoisotopic (exact) mass is 313 g/mol. The maximum absolute atomic E-state index is 10.8. The van der Waals surface area contributed by atoms with Gasteiger partial charge in [-0.25, -0.2) is 19.4 Å². The molecule has 1 N–H and O–H groups in total. The van der Waals surface area contributed by atoms with Crippen LogP contribution in [0.2, 0.25) is 0 Å². The van der Waals surface area contributed by atoms with E-state index in [0.717, 1.165) is 10.9 Å². The molecule has 0 atom stereocenters. The summed E-state index contributed by atoms with van der Waals surface area (Å²) in [6.07, 6.45) is 3.61. The van der Waals surface area contributed by atoms with Crippen LogP contribution in [0, 0.1) is 10.1 Å². The van der Waals surface area contributed by atoms with Gasteiger partial charge in [-0.2, -0.15) is 5.10 Å². The smallest absolute Gasteiger partial charge is 0.363 e. The molecular formula is C8H4BrN5O4. The first-order valence-electron chi connectivity index (χ1n) is 4.44. The number of hydrogen-bond acceptors (Lipinski definition) is 6. The highest BCUT2D eigenvalue weighted by Gasteiger charge is 2.26. The van der Waals surface area contributed by atoms with E-state index in [2.05, 4.69) is 31.0 Å². The van der Waals surface area contributed by atoms with E-state index in [1.54, 1.807) is 0 Å². The molecule has 2 aromatic rings. The Morgan fingerprint density at radius 2 is 2.28 bits per heavy atom. The van der Waals surface area contributed by atoms with Crippen molar-refractivity contribution < 1.29 is 14.8 Å². The van der Waals surface area contributed by atoms with E-state index >= 15 is 0 Å². The maximum Gasteiger partial charge on any atom is 0.363 e. The molecule has 2 heterocycles.